The number of nitrogens with two attached hydrogens (primary N) is 1. The minimum atomic E-state index is -0.535. The van der Waals surface area contributed by atoms with Crippen molar-refractivity contribution in [1.82, 2.24) is 0 Å². The first kappa shape index (κ1) is 15.0. The lowest BCUT2D eigenvalue weighted by molar-refractivity contribution is 0.535. The first-order chi connectivity index (χ1) is 9.45. The van der Waals surface area contributed by atoms with Gasteiger partial charge in [-0.05, 0) is 50.1 Å². The molecule has 0 saturated heterocycles. The predicted octanol–water partition coefficient (Wildman–Crippen LogP) is 4.31. The Morgan fingerprint density at radius 3 is 2.35 bits per heavy atom. The fraction of sp³-hybridized carbons (Fsp3) is 0.250. The molecular weight excluding hydrogens is 276 g/mol. The molecule has 106 valence electrons. The van der Waals surface area contributed by atoms with Gasteiger partial charge < -0.3 is 5.73 Å². The molecule has 0 spiro atoms. The van der Waals surface area contributed by atoms with Gasteiger partial charge in [-0.25, -0.2) is 8.78 Å². The molecule has 0 heterocycles. The number of rotatable bonds is 4. The van der Waals surface area contributed by atoms with Crippen LogP contribution in [-0.2, 0) is 6.42 Å². The number of aryl methyl sites for hydroxylation is 1. The van der Waals surface area contributed by atoms with Gasteiger partial charge in [0.15, 0.2) is 0 Å². The molecule has 1 atom stereocenters. The monoisotopic (exact) mass is 293 g/mol. The van der Waals surface area contributed by atoms with Crippen molar-refractivity contribution in [1.29, 1.82) is 0 Å². The van der Waals surface area contributed by atoms with Crippen molar-refractivity contribution in [2.45, 2.75) is 36.1 Å². The van der Waals surface area contributed by atoms with Gasteiger partial charge in [0, 0.05) is 10.9 Å². The van der Waals surface area contributed by atoms with Crippen LogP contribution in [0.1, 0.15) is 18.1 Å². The molecule has 0 aliphatic rings. The number of benzene rings is 2. The predicted molar refractivity (Wildman–Crippen MR) is 79.0 cm³/mol. The van der Waals surface area contributed by atoms with Crippen molar-refractivity contribution in [3.63, 3.8) is 0 Å². The van der Waals surface area contributed by atoms with E-state index in [4.69, 9.17) is 5.73 Å². The van der Waals surface area contributed by atoms with E-state index in [2.05, 4.69) is 0 Å². The zero-order valence-corrected chi connectivity index (χ0v) is 12.3. The summed E-state index contributed by atoms with van der Waals surface area (Å²) in [5.41, 5.74) is 7.30. The van der Waals surface area contributed by atoms with Crippen molar-refractivity contribution in [2.75, 3.05) is 0 Å². The van der Waals surface area contributed by atoms with Crippen LogP contribution in [0, 0.1) is 18.6 Å². The Kier molecular flexibility index (Phi) is 4.78. The van der Waals surface area contributed by atoms with E-state index in [1.807, 2.05) is 38.1 Å². The smallest absolute Gasteiger partial charge is 0.140 e. The van der Waals surface area contributed by atoms with Crippen molar-refractivity contribution in [2.24, 2.45) is 5.73 Å². The van der Waals surface area contributed by atoms with Crippen LogP contribution in [0.3, 0.4) is 0 Å². The highest BCUT2D eigenvalue weighted by molar-refractivity contribution is 7.99. The third kappa shape index (κ3) is 3.81. The zero-order valence-electron chi connectivity index (χ0n) is 11.5. The summed E-state index contributed by atoms with van der Waals surface area (Å²) in [4.78, 5) is 0.853. The van der Waals surface area contributed by atoms with Gasteiger partial charge in [0.1, 0.15) is 11.6 Å². The van der Waals surface area contributed by atoms with E-state index in [9.17, 15) is 8.78 Å². The second-order valence-corrected chi connectivity index (χ2v) is 6.07. The number of halogens is 2. The Morgan fingerprint density at radius 2 is 1.80 bits per heavy atom. The molecule has 0 aliphatic carbocycles. The van der Waals surface area contributed by atoms with Gasteiger partial charge in [-0.15, -0.1) is 0 Å². The molecule has 2 aromatic rings. The third-order valence-electron chi connectivity index (χ3n) is 2.83. The molecule has 1 unspecified atom stereocenters. The number of hydrogen-bond acceptors (Lipinski definition) is 2. The topological polar surface area (TPSA) is 26.0 Å². The second kappa shape index (κ2) is 6.37. The SMILES string of the molecule is Cc1cccc(Sc2c(F)cc(CC(C)N)cc2F)c1. The van der Waals surface area contributed by atoms with Crippen LogP contribution >= 0.6 is 11.8 Å². The fourth-order valence-electron chi connectivity index (χ4n) is 2.00. The van der Waals surface area contributed by atoms with Crippen LogP contribution in [0.5, 0.6) is 0 Å². The molecule has 0 aliphatic heterocycles. The van der Waals surface area contributed by atoms with E-state index in [-0.39, 0.29) is 10.9 Å². The molecule has 0 amide bonds. The summed E-state index contributed by atoms with van der Waals surface area (Å²) in [5.74, 6) is -1.07. The maximum absolute atomic E-state index is 14.0. The Labute approximate surface area is 122 Å². The molecule has 20 heavy (non-hydrogen) atoms. The van der Waals surface area contributed by atoms with Crippen LogP contribution in [0.4, 0.5) is 8.78 Å². The van der Waals surface area contributed by atoms with E-state index in [0.717, 1.165) is 22.2 Å². The maximum atomic E-state index is 14.0. The molecule has 2 N–H and O–H groups in total. The summed E-state index contributed by atoms with van der Waals surface area (Å²) in [5, 5.41) is 0. The third-order valence-corrected chi connectivity index (χ3v) is 3.91. The van der Waals surface area contributed by atoms with Gasteiger partial charge in [-0.3, -0.25) is 0 Å². The van der Waals surface area contributed by atoms with Crippen molar-refractivity contribution in [3.8, 4) is 0 Å². The van der Waals surface area contributed by atoms with Gasteiger partial charge in [-0.2, -0.15) is 0 Å². The summed E-state index contributed by atoms with van der Waals surface area (Å²) in [6.45, 7) is 3.76. The maximum Gasteiger partial charge on any atom is 0.140 e. The summed E-state index contributed by atoms with van der Waals surface area (Å²) < 4.78 is 28.1. The largest absolute Gasteiger partial charge is 0.328 e. The Morgan fingerprint density at radius 1 is 1.15 bits per heavy atom. The molecule has 2 aromatic carbocycles. The van der Waals surface area contributed by atoms with Gasteiger partial charge in [-0.1, -0.05) is 29.5 Å². The van der Waals surface area contributed by atoms with Crippen molar-refractivity contribution >= 4 is 11.8 Å². The lowest BCUT2D eigenvalue weighted by Crippen LogP contribution is -2.18. The second-order valence-electron chi connectivity index (χ2n) is 4.99. The van der Waals surface area contributed by atoms with Gasteiger partial charge >= 0.3 is 0 Å². The Balaban J connectivity index is 2.28. The molecule has 0 fully saturated rings. The van der Waals surface area contributed by atoms with Gasteiger partial charge in [0.2, 0.25) is 0 Å². The number of hydrogen-bond donors (Lipinski definition) is 1. The molecule has 0 saturated carbocycles. The summed E-state index contributed by atoms with van der Waals surface area (Å²) in [7, 11) is 0. The first-order valence-corrected chi connectivity index (χ1v) is 7.25. The van der Waals surface area contributed by atoms with E-state index in [0.29, 0.717) is 12.0 Å². The van der Waals surface area contributed by atoms with Crippen LogP contribution in [0.15, 0.2) is 46.2 Å². The molecular formula is C16H17F2NS. The van der Waals surface area contributed by atoms with Gasteiger partial charge in [0.05, 0.1) is 4.90 Å². The van der Waals surface area contributed by atoms with E-state index >= 15 is 0 Å². The average Bonchev–Trinajstić information content (AvgIpc) is 2.33. The molecule has 2 rings (SSSR count). The first-order valence-electron chi connectivity index (χ1n) is 6.43. The fourth-order valence-corrected chi connectivity index (χ4v) is 2.94. The summed E-state index contributed by atoms with van der Waals surface area (Å²) >= 11 is 1.10. The van der Waals surface area contributed by atoms with E-state index in [1.54, 1.807) is 0 Å². The summed E-state index contributed by atoms with van der Waals surface area (Å²) in [6, 6.07) is 10.2. The van der Waals surface area contributed by atoms with Gasteiger partial charge in [0.25, 0.3) is 0 Å². The van der Waals surface area contributed by atoms with Crippen LogP contribution < -0.4 is 5.73 Å². The lowest BCUT2D eigenvalue weighted by Gasteiger charge is -2.10. The van der Waals surface area contributed by atoms with Crippen LogP contribution in [0.2, 0.25) is 0 Å². The minimum Gasteiger partial charge on any atom is -0.328 e. The van der Waals surface area contributed by atoms with E-state index < -0.39 is 11.6 Å². The average molecular weight is 293 g/mol. The summed E-state index contributed by atoms with van der Waals surface area (Å²) in [6.07, 6.45) is 0.462. The minimum absolute atomic E-state index is 0.0315. The normalized spacial score (nSPS) is 12.4. The molecule has 0 aromatic heterocycles. The Hall–Kier alpha value is -1.39. The zero-order chi connectivity index (χ0) is 14.7. The van der Waals surface area contributed by atoms with Crippen LogP contribution in [0.25, 0.3) is 0 Å². The van der Waals surface area contributed by atoms with Crippen molar-refractivity contribution < 1.29 is 8.78 Å². The highest BCUT2D eigenvalue weighted by atomic mass is 32.2. The molecule has 1 nitrogen and oxygen atoms in total. The van der Waals surface area contributed by atoms with Crippen molar-refractivity contribution in [3.05, 3.63) is 59.2 Å². The molecule has 0 bridgehead atoms. The standard InChI is InChI=1S/C16H17F2NS/c1-10-4-3-5-13(6-10)20-16-14(17)8-12(7-11(2)19)9-15(16)18/h3-6,8-9,11H,7,19H2,1-2H3. The Bertz CT molecular complexity index is 588. The highest BCUT2D eigenvalue weighted by Crippen LogP contribution is 2.33. The quantitative estimate of drug-likeness (QED) is 0.909. The highest BCUT2D eigenvalue weighted by Gasteiger charge is 2.13. The molecule has 4 heteroatoms. The molecule has 0 radical (unpaired) electrons. The lowest BCUT2D eigenvalue weighted by atomic mass is 10.1. The van der Waals surface area contributed by atoms with Crippen LogP contribution in [-0.4, -0.2) is 6.04 Å². The van der Waals surface area contributed by atoms with E-state index in [1.165, 1.54) is 12.1 Å².